The van der Waals surface area contributed by atoms with Gasteiger partial charge in [0, 0.05) is 12.5 Å². The zero-order chi connectivity index (χ0) is 12.4. The van der Waals surface area contributed by atoms with E-state index in [0.717, 1.165) is 0 Å². The standard InChI is InChI=1S/C12H22O4/c1-4-6-12(15,10(13)14)9-5-7-16-11(2,3)8-9/h9,15H,4-8H2,1-3H3,(H,13,14). The van der Waals surface area contributed by atoms with Crippen LogP contribution < -0.4 is 0 Å². The summed E-state index contributed by atoms with van der Waals surface area (Å²) < 4.78 is 5.54. The van der Waals surface area contributed by atoms with Crippen molar-refractivity contribution >= 4 is 5.97 Å². The number of aliphatic hydroxyl groups is 1. The Balaban J connectivity index is 2.82. The van der Waals surface area contributed by atoms with Gasteiger partial charge in [0.1, 0.15) is 0 Å². The van der Waals surface area contributed by atoms with Crippen molar-refractivity contribution in [3.8, 4) is 0 Å². The predicted octanol–water partition coefficient (Wildman–Crippen LogP) is 1.81. The first-order valence-corrected chi connectivity index (χ1v) is 5.91. The van der Waals surface area contributed by atoms with Crippen LogP contribution in [-0.2, 0) is 9.53 Å². The first-order chi connectivity index (χ1) is 7.32. The molecule has 0 aliphatic carbocycles. The minimum Gasteiger partial charge on any atom is -0.479 e. The minimum atomic E-state index is -1.59. The molecule has 0 aromatic heterocycles. The van der Waals surface area contributed by atoms with Gasteiger partial charge in [0.2, 0.25) is 0 Å². The zero-order valence-corrected chi connectivity index (χ0v) is 10.3. The molecule has 4 heteroatoms. The Morgan fingerprint density at radius 1 is 1.56 bits per heavy atom. The molecule has 2 atom stereocenters. The fraction of sp³-hybridized carbons (Fsp3) is 0.917. The average Bonchev–Trinajstić information content (AvgIpc) is 2.16. The van der Waals surface area contributed by atoms with Gasteiger partial charge in [0.15, 0.2) is 5.60 Å². The molecule has 4 nitrogen and oxygen atoms in total. The lowest BCUT2D eigenvalue weighted by atomic mass is 9.74. The summed E-state index contributed by atoms with van der Waals surface area (Å²) in [4.78, 5) is 11.2. The lowest BCUT2D eigenvalue weighted by Crippen LogP contribution is -2.51. The second-order valence-corrected chi connectivity index (χ2v) is 5.28. The number of hydrogen-bond donors (Lipinski definition) is 2. The molecule has 16 heavy (non-hydrogen) atoms. The van der Waals surface area contributed by atoms with Crippen LogP contribution in [0.4, 0.5) is 0 Å². The van der Waals surface area contributed by atoms with Gasteiger partial charge in [-0.15, -0.1) is 0 Å². The summed E-state index contributed by atoms with van der Waals surface area (Å²) in [6, 6.07) is 0. The van der Waals surface area contributed by atoms with Gasteiger partial charge in [-0.2, -0.15) is 0 Å². The molecule has 1 aliphatic heterocycles. The van der Waals surface area contributed by atoms with Gasteiger partial charge in [-0.25, -0.2) is 4.79 Å². The quantitative estimate of drug-likeness (QED) is 0.773. The van der Waals surface area contributed by atoms with Crippen LogP contribution >= 0.6 is 0 Å². The molecule has 1 rings (SSSR count). The van der Waals surface area contributed by atoms with E-state index in [-0.39, 0.29) is 11.5 Å². The van der Waals surface area contributed by atoms with E-state index < -0.39 is 11.6 Å². The Morgan fingerprint density at radius 3 is 2.62 bits per heavy atom. The van der Waals surface area contributed by atoms with Crippen LogP contribution in [0.1, 0.15) is 46.5 Å². The predicted molar refractivity (Wildman–Crippen MR) is 60.2 cm³/mol. The molecule has 0 aromatic carbocycles. The first kappa shape index (κ1) is 13.5. The summed E-state index contributed by atoms with van der Waals surface area (Å²) in [5.74, 6) is -1.31. The van der Waals surface area contributed by atoms with Crippen LogP contribution in [0, 0.1) is 5.92 Å². The number of rotatable bonds is 4. The maximum atomic E-state index is 11.2. The summed E-state index contributed by atoms with van der Waals surface area (Å²) in [6.45, 7) is 6.29. The van der Waals surface area contributed by atoms with E-state index in [1.54, 1.807) is 0 Å². The van der Waals surface area contributed by atoms with Gasteiger partial charge in [0.05, 0.1) is 5.60 Å². The number of carboxylic acids is 1. The molecule has 1 heterocycles. The van der Waals surface area contributed by atoms with Crippen molar-refractivity contribution in [2.75, 3.05) is 6.61 Å². The summed E-state index contributed by atoms with van der Waals surface area (Å²) in [5.41, 5.74) is -1.92. The molecule has 1 aliphatic rings. The molecule has 0 spiro atoms. The second-order valence-electron chi connectivity index (χ2n) is 5.28. The average molecular weight is 230 g/mol. The molecule has 94 valence electrons. The maximum absolute atomic E-state index is 11.2. The van der Waals surface area contributed by atoms with Crippen molar-refractivity contribution in [2.45, 2.75) is 57.7 Å². The fourth-order valence-corrected chi connectivity index (χ4v) is 2.51. The van der Waals surface area contributed by atoms with Crippen LogP contribution in [0.15, 0.2) is 0 Å². The highest BCUT2D eigenvalue weighted by Crippen LogP contribution is 2.37. The Morgan fingerprint density at radius 2 is 2.19 bits per heavy atom. The Hall–Kier alpha value is -0.610. The Labute approximate surface area is 96.6 Å². The Bertz CT molecular complexity index is 262. The summed E-state index contributed by atoms with van der Waals surface area (Å²) >= 11 is 0. The van der Waals surface area contributed by atoms with Gasteiger partial charge < -0.3 is 14.9 Å². The van der Waals surface area contributed by atoms with Gasteiger partial charge >= 0.3 is 5.97 Å². The molecule has 0 radical (unpaired) electrons. The largest absolute Gasteiger partial charge is 0.479 e. The van der Waals surface area contributed by atoms with E-state index in [0.29, 0.717) is 32.3 Å². The highest BCUT2D eigenvalue weighted by Gasteiger charge is 2.47. The van der Waals surface area contributed by atoms with Crippen LogP contribution in [0.3, 0.4) is 0 Å². The summed E-state index contributed by atoms with van der Waals surface area (Å²) in [6.07, 6.45) is 2.19. The van der Waals surface area contributed by atoms with E-state index in [1.165, 1.54) is 0 Å². The van der Waals surface area contributed by atoms with Gasteiger partial charge in [-0.1, -0.05) is 13.3 Å². The van der Waals surface area contributed by atoms with Crippen LogP contribution in [0.2, 0.25) is 0 Å². The van der Waals surface area contributed by atoms with Gasteiger partial charge in [-0.05, 0) is 33.1 Å². The zero-order valence-electron chi connectivity index (χ0n) is 10.3. The molecule has 2 N–H and O–H groups in total. The third kappa shape index (κ3) is 2.74. The maximum Gasteiger partial charge on any atom is 0.335 e. The third-order valence-corrected chi connectivity index (χ3v) is 3.37. The van der Waals surface area contributed by atoms with E-state index >= 15 is 0 Å². The second kappa shape index (κ2) is 4.72. The van der Waals surface area contributed by atoms with E-state index in [1.807, 2.05) is 20.8 Å². The lowest BCUT2D eigenvalue weighted by Gasteiger charge is -2.41. The fourth-order valence-electron chi connectivity index (χ4n) is 2.51. The molecule has 0 amide bonds. The topological polar surface area (TPSA) is 66.8 Å². The van der Waals surface area contributed by atoms with Crippen LogP contribution in [-0.4, -0.2) is 34.0 Å². The molecule has 0 saturated carbocycles. The molecule has 0 aromatic rings. The summed E-state index contributed by atoms with van der Waals surface area (Å²) in [5, 5.41) is 19.5. The smallest absolute Gasteiger partial charge is 0.335 e. The first-order valence-electron chi connectivity index (χ1n) is 5.91. The number of ether oxygens (including phenoxy) is 1. The Kier molecular flexibility index (Phi) is 3.97. The molecule has 1 saturated heterocycles. The van der Waals surface area contributed by atoms with Crippen molar-refractivity contribution in [2.24, 2.45) is 5.92 Å². The van der Waals surface area contributed by atoms with Crippen molar-refractivity contribution in [1.29, 1.82) is 0 Å². The van der Waals surface area contributed by atoms with Crippen molar-refractivity contribution in [3.63, 3.8) is 0 Å². The lowest BCUT2D eigenvalue weighted by molar-refractivity contribution is -0.178. The monoisotopic (exact) mass is 230 g/mol. The van der Waals surface area contributed by atoms with E-state index in [2.05, 4.69) is 0 Å². The van der Waals surface area contributed by atoms with Crippen molar-refractivity contribution < 1.29 is 19.7 Å². The van der Waals surface area contributed by atoms with Crippen LogP contribution in [0.5, 0.6) is 0 Å². The molecule has 0 bridgehead atoms. The number of carbonyl (C=O) groups is 1. The SMILES string of the molecule is CCCC(O)(C(=O)O)C1CCOC(C)(C)C1. The molecular weight excluding hydrogens is 208 g/mol. The summed E-state index contributed by atoms with van der Waals surface area (Å²) in [7, 11) is 0. The van der Waals surface area contributed by atoms with Crippen molar-refractivity contribution in [1.82, 2.24) is 0 Å². The third-order valence-electron chi connectivity index (χ3n) is 3.37. The number of hydrogen-bond acceptors (Lipinski definition) is 3. The highest BCUT2D eigenvalue weighted by atomic mass is 16.5. The molecule has 1 fully saturated rings. The highest BCUT2D eigenvalue weighted by molar-refractivity contribution is 5.77. The van der Waals surface area contributed by atoms with E-state index in [9.17, 15) is 15.0 Å². The minimum absolute atomic E-state index is 0.214. The van der Waals surface area contributed by atoms with Crippen molar-refractivity contribution in [3.05, 3.63) is 0 Å². The van der Waals surface area contributed by atoms with E-state index in [4.69, 9.17) is 4.74 Å². The number of aliphatic carboxylic acids is 1. The number of carboxylic acid groups (broad SMARTS) is 1. The molecular formula is C12H22O4. The van der Waals surface area contributed by atoms with Crippen LogP contribution in [0.25, 0.3) is 0 Å². The van der Waals surface area contributed by atoms with Gasteiger partial charge in [0.25, 0.3) is 0 Å². The normalized spacial score (nSPS) is 28.4. The molecule has 2 unspecified atom stereocenters. The van der Waals surface area contributed by atoms with Gasteiger partial charge in [-0.3, -0.25) is 0 Å².